The van der Waals surface area contributed by atoms with Crippen molar-refractivity contribution in [1.82, 2.24) is 4.57 Å². The van der Waals surface area contributed by atoms with E-state index in [0.717, 1.165) is 11.3 Å². The second-order valence-corrected chi connectivity index (χ2v) is 11.4. The maximum atomic E-state index is 14.0. The summed E-state index contributed by atoms with van der Waals surface area (Å²) in [5.41, 5.74) is 1.09. The monoisotopic (exact) mass is 687 g/mol. The summed E-state index contributed by atoms with van der Waals surface area (Å²) < 4.78 is 24.6. The quantitative estimate of drug-likeness (QED) is 0.136. The predicted molar refractivity (Wildman–Crippen MR) is 163 cm³/mol. The predicted octanol–water partition coefficient (Wildman–Crippen LogP) is 5.40. The van der Waals surface area contributed by atoms with Crippen molar-refractivity contribution in [3.8, 4) is 22.8 Å². The molecule has 0 spiro atoms. The maximum Gasteiger partial charge on any atom is 0.338 e. The van der Waals surface area contributed by atoms with Gasteiger partial charge in [0.2, 0.25) is 0 Å². The highest BCUT2D eigenvalue weighted by Crippen LogP contribution is 2.41. The van der Waals surface area contributed by atoms with Crippen LogP contribution in [-0.2, 0) is 9.53 Å². The van der Waals surface area contributed by atoms with Gasteiger partial charge >= 0.3 is 5.97 Å². The molecule has 1 aliphatic rings. The molecule has 14 heteroatoms. The van der Waals surface area contributed by atoms with Crippen molar-refractivity contribution in [2.45, 2.75) is 19.9 Å². The van der Waals surface area contributed by atoms with E-state index in [1.54, 1.807) is 44.2 Å². The first-order chi connectivity index (χ1) is 20.6. The Kier molecular flexibility index (Phi) is 8.58. The number of benzene rings is 2. The maximum absolute atomic E-state index is 14.0. The highest BCUT2D eigenvalue weighted by Gasteiger charge is 2.35. The van der Waals surface area contributed by atoms with Gasteiger partial charge in [-0.2, -0.15) is 0 Å². The van der Waals surface area contributed by atoms with Gasteiger partial charge in [-0.05, 0) is 49.7 Å². The van der Waals surface area contributed by atoms with Crippen LogP contribution >= 0.6 is 38.9 Å². The zero-order valence-electron chi connectivity index (χ0n) is 23.2. The summed E-state index contributed by atoms with van der Waals surface area (Å²) in [7, 11) is 3.01. The van der Waals surface area contributed by atoms with E-state index in [9.17, 15) is 19.7 Å². The lowest BCUT2D eigenvalue weighted by molar-refractivity contribution is -0.384. The molecule has 0 saturated heterocycles. The molecule has 0 fully saturated rings. The van der Waals surface area contributed by atoms with E-state index in [0.29, 0.717) is 53.6 Å². The minimum atomic E-state index is -0.891. The number of ether oxygens (including phenoxy) is 3. The van der Waals surface area contributed by atoms with Gasteiger partial charge in [-0.3, -0.25) is 19.5 Å². The molecular formula is C29H23BrClN3O8S. The highest BCUT2D eigenvalue weighted by atomic mass is 79.9. The Labute approximate surface area is 261 Å². The number of rotatable bonds is 8. The fourth-order valence-electron chi connectivity index (χ4n) is 4.69. The third-order valence-electron chi connectivity index (χ3n) is 6.64. The molecule has 1 aliphatic heterocycles. The van der Waals surface area contributed by atoms with Crippen molar-refractivity contribution in [3.05, 3.63) is 104 Å². The largest absolute Gasteiger partial charge is 0.493 e. The lowest BCUT2D eigenvalue weighted by Crippen LogP contribution is -2.40. The van der Waals surface area contributed by atoms with E-state index in [1.807, 2.05) is 0 Å². The Bertz CT molecular complexity index is 1990. The molecule has 4 aromatic rings. The van der Waals surface area contributed by atoms with Gasteiger partial charge in [0.25, 0.3) is 11.2 Å². The highest BCUT2D eigenvalue weighted by molar-refractivity contribution is 9.10. The lowest BCUT2D eigenvalue weighted by atomic mass is 9.95. The van der Waals surface area contributed by atoms with E-state index < -0.39 is 22.5 Å². The third-order valence-corrected chi connectivity index (χ3v) is 8.63. The van der Waals surface area contributed by atoms with E-state index in [4.69, 9.17) is 30.2 Å². The number of halogens is 2. The Morgan fingerprint density at radius 1 is 1.21 bits per heavy atom. The number of carbonyl (C=O) groups is 1. The third kappa shape index (κ3) is 5.63. The van der Waals surface area contributed by atoms with Gasteiger partial charge in [0, 0.05) is 28.2 Å². The number of nitrogens with zero attached hydrogens (tertiary/aromatic N) is 3. The number of nitro groups is 1. The molecule has 0 aliphatic carbocycles. The number of methoxy groups -OCH3 is 2. The van der Waals surface area contributed by atoms with Gasteiger partial charge in [0.1, 0.15) is 11.5 Å². The number of esters is 1. The summed E-state index contributed by atoms with van der Waals surface area (Å²) in [4.78, 5) is 42.7. The Hall–Kier alpha value is -4.20. The molecule has 0 radical (unpaired) electrons. The second kappa shape index (κ2) is 12.2. The molecule has 2 aromatic carbocycles. The molecule has 5 rings (SSSR count). The zero-order valence-corrected chi connectivity index (χ0v) is 26.3. The van der Waals surface area contributed by atoms with Crippen LogP contribution in [0.2, 0.25) is 5.02 Å². The standard InChI is InChI=1S/C29H23BrClN3O8S/c1-5-41-28(36)25-14(2)32-29-33(26(25)18-12-22(39-3)23(40-4)13-19(18)30)27(35)24(43-29)11-16-7-9-21(42-16)17-8-6-15(34(37)38)10-20(17)31/h6-13,26H,5H2,1-4H3/b24-11-/t26-/m1/s1. The molecule has 222 valence electrons. The molecule has 0 N–H and O–H groups in total. The molecule has 0 bridgehead atoms. The SMILES string of the molecule is CCOC(=O)C1=C(C)N=c2s/c(=C\c3ccc(-c4ccc([N+](=O)[O-])cc4Cl)o3)c(=O)n2[C@@H]1c1cc(OC)c(OC)cc1Br. The van der Waals surface area contributed by atoms with E-state index in [2.05, 4.69) is 20.9 Å². The van der Waals surface area contributed by atoms with Crippen molar-refractivity contribution in [2.75, 3.05) is 20.8 Å². The number of carbonyl (C=O) groups excluding carboxylic acids is 1. The van der Waals surface area contributed by atoms with Crippen molar-refractivity contribution in [1.29, 1.82) is 0 Å². The van der Waals surface area contributed by atoms with Gasteiger partial charge in [-0.15, -0.1) is 0 Å². The van der Waals surface area contributed by atoms with Crippen LogP contribution in [0.4, 0.5) is 5.69 Å². The van der Waals surface area contributed by atoms with Gasteiger partial charge in [0.15, 0.2) is 16.3 Å². The molecule has 1 atom stereocenters. The normalized spacial score (nSPS) is 14.7. The molecular weight excluding hydrogens is 666 g/mol. The van der Waals surface area contributed by atoms with Crippen LogP contribution in [-0.4, -0.2) is 36.3 Å². The van der Waals surface area contributed by atoms with Crippen molar-refractivity contribution in [3.63, 3.8) is 0 Å². The lowest BCUT2D eigenvalue weighted by Gasteiger charge is -2.26. The number of hydrogen-bond acceptors (Lipinski definition) is 10. The van der Waals surface area contributed by atoms with Gasteiger partial charge < -0.3 is 18.6 Å². The van der Waals surface area contributed by atoms with Gasteiger partial charge in [-0.1, -0.05) is 38.9 Å². The molecule has 0 saturated carbocycles. The zero-order chi connectivity index (χ0) is 31.0. The van der Waals surface area contributed by atoms with Crippen LogP contribution in [0.5, 0.6) is 11.5 Å². The van der Waals surface area contributed by atoms with Crippen molar-refractivity contribution >= 4 is 56.6 Å². The number of allylic oxidation sites excluding steroid dienone is 1. The van der Waals surface area contributed by atoms with E-state index in [1.165, 1.54) is 37.0 Å². The van der Waals surface area contributed by atoms with Crippen molar-refractivity contribution in [2.24, 2.45) is 4.99 Å². The first-order valence-corrected chi connectivity index (χ1v) is 14.7. The average Bonchev–Trinajstić information content (AvgIpc) is 3.56. The number of nitro benzene ring substituents is 1. The average molecular weight is 689 g/mol. The van der Waals surface area contributed by atoms with Crippen LogP contribution in [0, 0.1) is 10.1 Å². The number of non-ortho nitro benzene ring substituents is 1. The summed E-state index contributed by atoms with van der Waals surface area (Å²) in [6, 6.07) is 9.90. The Balaban J connectivity index is 1.66. The van der Waals surface area contributed by atoms with Gasteiger partial charge in [-0.25, -0.2) is 9.79 Å². The topological polar surface area (TPSA) is 135 Å². The summed E-state index contributed by atoms with van der Waals surface area (Å²) in [5, 5.41) is 11.2. The fraction of sp³-hybridized carbons (Fsp3) is 0.207. The summed E-state index contributed by atoms with van der Waals surface area (Å²) >= 11 is 11.0. The Morgan fingerprint density at radius 3 is 2.58 bits per heavy atom. The smallest absolute Gasteiger partial charge is 0.338 e. The number of fused-ring (bicyclic) bond motifs is 1. The molecule has 11 nitrogen and oxygen atoms in total. The summed E-state index contributed by atoms with van der Waals surface area (Å²) in [6.45, 7) is 3.53. The minimum Gasteiger partial charge on any atom is -0.493 e. The number of furan rings is 1. The Morgan fingerprint density at radius 2 is 1.93 bits per heavy atom. The summed E-state index contributed by atoms with van der Waals surface area (Å²) in [6.07, 6.45) is 1.57. The van der Waals surface area contributed by atoms with Crippen LogP contribution in [0.25, 0.3) is 17.4 Å². The second-order valence-electron chi connectivity index (χ2n) is 9.15. The molecule has 0 amide bonds. The first-order valence-electron chi connectivity index (χ1n) is 12.7. The molecule has 0 unspecified atom stereocenters. The summed E-state index contributed by atoms with van der Waals surface area (Å²) in [5.74, 6) is 0.992. The number of thiazole rings is 1. The minimum absolute atomic E-state index is 0.138. The molecule has 43 heavy (non-hydrogen) atoms. The van der Waals surface area contributed by atoms with Crippen LogP contribution < -0.4 is 24.4 Å². The van der Waals surface area contributed by atoms with E-state index >= 15 is 0 Å². The van der Waals surface area contributed by atoms with Crippen LogP contribution in [0.1, 0.15) is 31.2 Å². The fourth-order valence-corrected chi connectivity index (χ4v) is 6.52. The number of hydrogen-bond donors (Lipinski definition) is 0. The molecule has 3 heterocycles. The van der Waals surface area contributed by atoms with Crippen LogP contribution in [0.3, 0.4) is 0 Å². The van der Waals surface area contributed by atoms with Crippen molar-refractivity contribution < 1.29 is 28.3 Å². The molecule has 2 aromatic heterocycles. The van der Waals surface area contributed by atoms with E-state index in [-0.39, 0.29) is 22.9 Å². The number of aromatic nitrogens is 1. The van der Waals surface area contributed by atoms with Gasteiger partial charge in [0.05, 0.1) is 52.6 Å². The van der Waals surface area contributed by atoms with Crippen LogP contribution in [0.15, 0.2) is 72.4 Å². The first kappa shape index (κ1) is 30.3.